The lowest BCUT2D eigenvalue weighted by Crippen LogP contribution is -2.40. The average Bonchev–Trinajstić information content (AvgIpc) is 3.31. The van der Waals surface area contributed by atoms with E-state index < -0.39 is 5.41 Å². The highest BCUT2D eigenvalue weighted by Crippen LogP contribution is 2.42. The van der Waals surface area contributed by atoms with Crippen LogP contribution in [0.3, 0.4) is 0 Å². The van der Waals surface area contributed by atoms with Gasteiger partial charge in [0.2, 0.25) is 0 Å². The smallest absolute Gasteiger partial charge is 0.317 e. The maximum Gasteiger partial charge on any atom is 0.317 e. The van der Waals surface area contributed by atoms with Gasteiger partial charge in [0.15, 0.2) is 6.61 Å². The highest BCUT2D eigenvalue weighted by Gasteiger charge is 2.44. The minimum absolute atomic E-state index is 0.133. The van der Waals surface area contributed by atoms with E-state index in [0.717, 1.165) is 31.2 Å². The normalized spacial score (nSPS) is 20.4. The Morgan fingerprint density at radius 2 is 1.88 bits per heavy atom. The quantitative estimate of drug-likeness (QED) is 0.814. The van der Waals surface area contributed by atoms with Crippen molar-refractivity contribution < 1.29 is 18.7 Å². The number of hydrogen-bond acceptors (Lipinski definition) is 3. The first-order valence-electron chi connectivity index (χ1n) is 8.74. The Morgan fingerprint density at radius 3 is 2.46 bits per heavy atom. The van der Waals surface area contributed by atoms with Gasteiger partial charge in [-0.15, -0.1) is 0 Å². The number of nitrogens with one attached hydrogen (secondary N) is 1. The standard InChI is InChI=1S/C19H24FNO3/c1-13(14-4-5-14)21-17(22)12-24-18(23)19(10-2-3-11-19)15-6-8-16(20)9-7-15/h6-9,13-14H,2-5,10-12H2,1H3,(H,21,22)/t13-/m1/s1. The summed E-state index contributed by atoms with van der Waals surface area (Å²) in [6, 6.07) is 6.17. The highest BCUT2D eigenvalue weighted by atomic mass is 19.1. The molecule has 130 valence electrons. The number of rotatable bonds is 6. The van der Waals surface area contributed by atoms with Crippen LogP contribution < -0.4 is 5.32 Å². The summed E-state index contributed by atoms with van der Waals surface area (Å²) in [6.45, 7) is 1.73. The van der Waals surface area contributed by atoms with Crippen LogP contribution in [-0.2, 0) is 19.7 Å². The fraction of sp³-hybridized carbons (Fsp3) is 0.579. The van der Waals surface area contributed by atoms with Crippen molar-refractivity contribution in [1.29, 1.82) is 0 Å². The van der Waals surface area contributed by atoms with E-state index in [2.05, 4.69) is 5.32 Å². The molecule has 1 atom stereocenters. The largest absolute Gasteiger partial charge is 0.455 e. The van der Waals surface area contributed by atoms with Crippen LogP contribution in [0.2, 0.25) is 0 Å². The van der Waals surface area contributed by atoms with Gasteiger partial charge >= 0.3 is 5.97 Å². The SMILES string of the molecule is C[C@@H](NC(=O)COC(=O)C1(c2ccc(F)cc2)CCCC1)C1CC1. The van der Waals surface area contributed by atoms with Crippen molar-refractivity contribution >= 4 is 11.9 Å². The van der Waals surface area contributed by atoms with Gasteiger partial charge in [-0.05, 0) is 56.2 Å². The molecule has 1 aromatic carbocycles. The summed E-state index contributed by atoms with van der Waals surface area (Å²) in [5.41, 5.74) is 0.0361. The maximum absolute atomic E-state index is 13.2. The molecule has 3 rings (SSSR count). The zero-order valence-electron chi connectivity index (χ0n) is 14.0. The number of amides is 1. The van der Waals surface area contributed by atoms with Crippen LogP contribution in [0, 0.1) is 11.7 Å². The van der Waals surface area contributed by atoms with E-state index in [4.69, 9.17) is 4.74 Å². The van der Waals surface area contributed by atoms with Gasteiger partial charge in [-0.2, -0.15) is 0 Å². The molecule has 0 unspecified atom stereocenters. The van der Waals surface area contributed by atoms with Crippen LogP contribution >= 0.6 is 0 Å². The summed E-state index contributed by atoms with van der Waals surface area (Å²) in [5, 5.41) is 2.88. The molecule has 1 amide bonds. The molecule has 0 saturated heterocycles. The van der Waals surface area contributed by atoms with Crippen molar-refractivity contribution in [2.75, 3.05) is 6.61 Å². The van der Waals surface area contributed by atoms with E-state index in [-0.39, 0.29) is 30.3 Å². The average molecular weight is 333 g/mol. The van der Waals surface area contributed by atoms with Crippen LogP contribution in [0.1, 0.15) is 51.0 Å². The zero-order valence-corrected chi connectivity index (χ0v) is 14.0. The van der Waals surface area contributed by atoms with Gasteiger partial charge in [-0.25, -0.2) is 4.39 Å². The van der Waals surface area contributed by atoms with E-state index in [9.17, 15) is 14.0 Å². The van der Waals surface area contributed by atoms with Gasteiger partial charge in [0, 0.05) is 6.04 Å². The topological polar surface area (TPSA) is 55.4 Å². The first-order chi connectivity index (χ1) is 11.5. The molecule has 0 aromatic heterocycles. The predicted octanol–water partition coefficient (Wildman–Crippen LogP) is 3.10. The number of carbonyl (C=O) groups is 2. The van der Waals surface area contributed by atoms with E-state index in [1.165, 1.54) is 12.1 Å². The van der Waals surface area contributed by atoms with Crippen LogP contribution in [0.4, 0.5) is 4.39 Å². The van der Waals surface area contributed by atoms with Crippen LogP contribution in [0.5, 0.6) is 0 Å². The molecule has 4 nitrogen and oxygen atoms in total. The van der Waals surface area contributed by atoms with Crippen molar-refractivity contribution in [3.8, 4) is 0 Å². The summed E-state index contributed by atoms with van der Waals surface area (Å²) in [7, 11) is 0. The molecular weight excluding hydrogens is 309 g/mol. The zero-order chi connectivity index (χ0) is 17.2. The van der Waals surface area contributed by atoms with Crippen LogP contribution in [0.25, 0.3) is 0 Å². The third-order valence-electron chi connectivity index (χ3n) is 5.30. The molecule has 0 bridgehead atoms. The number of carbonyl (C=O) groups excluding carboxylic acids is 2. The lowest BCUT2D eigenvalue weighted by molar-refractivity contribution is -0.154. The van der Waals surface area contributed by atoms with Gasteiger partial charge in [-0.3, -0.25) is 9.59 Å². The van der Waals surface area contributed by atoms with Crippen molar-refractivity contribution in [2.24, 2.45) is 5.92 Å². The van der Waals surface area contributed by atoms with Crippen molar-refractivity contribution in [3.63, 3.8) is 0 Å². The monoisotopic (exact) mass is 333 g/mol. The Morgan fingerprint density at radius 1 is 1.25 bits per heavy atom. The van der Waals surface area contributed by atoms with Crippen molar-refractivity contribution in [3.05, 3.63) is 35.6 Å². The number of halogens is 1. The lowest BCUT2D eigenvalue weighted by atomic mass is 9.79. The van der Waals surface area contributed by atoms with Gasteiger partial charge in [-0.1, -0.05) is 25.0 Å². The minimum Gasteiger partial charge on any atom is -0.455 e. The summed E-state index contributed by atoms with van der Waals surface area (Å²) in [6.07, 6.45) is 5.51. The number of ether oxygens (including phenoxy) is 1. The second-order valence-corrected chi connectivity index (χ2v) is 7.07. The van der Waals surface area contributed by atoms with E-state index in [1.54, 1.807) is 12.1 Å². The summed E-state index contributed by atoms with van der Waals surface area (Å²) in [4.78, 5) is 24.6. The molecule has 0 spiro atoms. The molecular formula is C19H24FNO3. The minimum atomic E-state index is -0.740. The van der Waals surface area contributed by atoms with Gasteiger partial charge < -0.3 is 10.1 Å². The van der Waals surface area contributed by atoms with Gasteiger partial charge in [0.1, 0.15) is 5.82 Å². The van der Waals surface area contributed by atoms with Crippen molar-refractivity contribution in [2.45, 2.75) is 56.9 Å². The molecule has 2 aliphatic rings. The molecule has 2 saturated carbocycles. The molecule has 0 heterocycles. The van der Waals surface area contributed by atoms with Gasteiger partial charge in [0.25, 0.3) is 5.91 Å². The lowest BCUT2D eigenvalue weighted by Gasteiger charge is -2.27. The van der Waals surface area contributed by atoms with Crippen LogP contribution in [0.15, 0.2) is 24.3 Å². The fourth-order valence-electron chi connectivity index (χ4n) is 3.64. The highest BCUT2D eigenvalue weighted by molar-refractivity contribution is 5.86. The Labute approximate surface area is 141 Å². The van der Waals surface area contributed by atoms with Crippen LogP contribution in [-0.4, -0.2) is 24.5 Å². The molecule has 24 heavy (non-hydrogen) atoms. The third-order valence-corrected chi connectivity index (χ3v) is 5.30. The molecule has 0 aliphatic heterocycles. The molecule has 2 aliphatic carbocycles. The maximum atomic E-state index is 13.2. The number of benzene rings is 1. The Kier molecular flexibility index (Phi) is 4.88. The molecule has 1 aromatic rings. The summed E-state index contributed by atoms with van der Waals surface area (Å²) < 4.78 is 18.5. The Bertz CT molecular complexity index is 604. The molecule has 0 radical (unpaired) electrons. The molecule has 2 fully saturated rings. The van der Waals surface area contributed by atoms with E-state index in [0.29, 0.717) is 18.8 Å². The van der Waals surface area contributed by atoms with E-state index >= 15 is 0 Å². The number of esters is 1. The first-order valence-corrected chi connectivity index (χ1v) is 8.74. The van der Waals surface area contributed by atoms with Crippen molar-refractivity contribution in [1.82, 2.24) is 5.32 Å². The molecule has 1 N–H and O–H groups in total. The second-order valence-electron chi connectivity index (χ2n) is 7.07. The van der Waals surface area contributed by atoms with Gasteiger partial charge in [0.05, 0.1) is 5.41 Å². The third kappa shape index (κ3) is 3.60. The van der Waals surface area contributed by atoms with E-state index in [1.807, 2.05) is 6.92 Å². The second kappa shape index (κ2) is 6.91. The Hall–Kier alpha value is -1.91. The summed E-state index contributed by atoms with van der Waals surface area (Å²) >= 11 is 0. The predicted molar refractivity (Wildman–Crippen MR) is 87.8 cm³/mol. The first kappa shape index (κ1) is 16.9. The fourth-order valence-corrected chi connectivity index (χ4v) is 3.64. The Balaban J connectivity index is 1.62. The summed E-state index contributed by atoms with van der Waals surface area (Å²) in [5.74, 6) is -0.394. The number of hydrogen-bond donors (Lipinski definition) is 1. The molecule has 5 heteroatoms.